The van der Waals surface area contributed by atoms with Crippen LogP contribution in [0.25, 0.3) is 0 Å². The summed E-state index contributed by atoms with van der Waals surface area (Å²) in [4.78, 5) is 13.9. The van der Waals surface area contributed by atoms with E-state index in [0.717, 1.165) is 32.4 Å². The number of rotatable bonds is 4. The molecule has 1 amide bonds. The first-order valence-electron chi connectivity index (χ1n) is 6.52. The zero-order valence-corrected chi connectivity index (χ0v) is 10.9. The number of carbonyl (C=O) groups excluding carboxylic acids is 1. The van der Waals surface area contributed by atoms with Crippen LogP contribution >= 0.6 is 0 Å². The van der Waals surface area contributed by atoms with Crippen molar-refractivity contribution in [3.63, 3.8) is 0 Å². The molecule has 94 valence electrons. The molecule has 1 saturated heterocycles. The summed E-state index contributed by atoms with van der Waals surface area (Å²) in [5.41, 5.74) is 5.61. The van der Waals surface area contributed by atoms with Gasteiger partial charge in [0.05, 0.1) is 0 Å². The Kier molecular flexibility index (Phi) is 5.26. The Morgan fingerprint density at radius 3 is 2.62 bits per heavy atom. The Morgan fingerprint density at radius 1 is 1.38 bits per heavy atom. The standard InChI is InChI=1S/C13H26N2O/c1-10(2)12-4-5-13(16)15(7-6-12)9-11(3)8-14/h10-12H,4-9,14H2,1-3H3. The molecule has 0 saturated carbocycles. The minimum absolute atomic E-state index is 0.323. The quantitative estimate of drug-likeness (QED) is 0.795. The molecule has 1 heterocycles. The Hall–Kier alpha value is -0.570. The average Bonchev–Trinajstić information content (AvgIpc) is 2.42. The fraction of sp³-hybridized carbons (Fsp3) is 0.923. The van der Waals surface area contributed by atoms with Crippen molar-refractivity contribution in [3.05, 3.63) is 0 Å². The van der Waals surface area contributed by atoms with Crippen molar-refractivity contribution in [2.45, 2.75) is 40.0 Å². The third kappa shape index (κ3) is 3.78. The number of carbonyl (C=O) groups is 1. The molecule has 0 bridgehead atoms. The van der Waals surface area contributed by atoms with E-state index in [1.807, 2.05) is 4.90 Å². The second-order valence-electron chi connectivity index (χ2n) is 5.51. The first-order chi connectivity index (χ1) is 7.54. The minimum Gasteiger partial charge on any atom is -0.342 e. The molecule has 0 spiro atoms. The average molecular weight is 226 g/mol. The van der Waals surface area contributed by atoms with E-state index in [9.17, 15) is 4.79 Å². The van der Waals surface area contributed by atoms with Gasteiger partial charge in [-0.1, -0.05) is 20.8 Å². The van der Waals surface area contributed by atoms with E-state index in [2.05, 4.69) is 20.8 Å². The first kappa shape index (κ1) is 13.5. The molecule has 0 aromatic heterocycles. The van der Waals surface area contributed by atoms with Crippen molar-refractivity contribution < 1.29 is 4.79 Å². The summed E-state index contributed by atoms with van der Waals surface area (Å²) in [5.74, 6) is 2.14. The number of amides is 1. The first-order valence-corrected chi connectivity index (χ1v) is 6.52. The molecular formula is C13H26N2O. The third-order valence-electron chi connectivity index (χ3n) is 3.73. The minimum atomic E-state index is 0.323. The molecule has 1 fully saturated rings. The molecule has 3 nitrogen and oxygen atoms in total. The highest BCUT2D eigenvalue weighted by atomic mass is 16.2. The topological polar surface area (TPSA) is 46.3 Å². The zero-order chi connectivity index (χ0) is 12.1. The predicted octanol–water partition coefficient (Wildman–Crippen LogP) is 1.87. The van der Waals surface area contributed by atoms with Crippen LogP contribution in [0.4, 0.5) is 0 Å². The Bertz CT molecular complexity index is 228. The van der Waals surface area contributed by atoms with E-state index in [-0.39, 0.29) is 0 Å². The number of hydrogen-bond donors (Lipinski definition) is 1. The Balaban J connectivity index is 2.50. The van der Waals surface area contributed by atoms with Crippen molar-refractivity contribution >= 4 is 5.91 Å². The molecular weight excluding hydrogens is 200 g/mol. The zero-order valence-electron chi connectivity index (χ0n) is 10.9. The van der Waals surface area contributed by atoms with Crippen LogP contribution in [-0.4, -0.2) is 30.4 Å². The molecule has 0 aromatic rings. The van der Waals surface area contributed by atoms with Gasteiger partial charge in [-0.3, -0.25) is 4.79 Å². The van der Waals surface area contributed by atoms with E-state index >= 15 is 0 Å². The lowest BCUT2D eigenvalue weighted by molar-refractivity contribution is -0.131. The van der Waals surface area contributed by atoms with Gasteiger partial charge >= 0.3 is 0 Å². The summed E-state index contributed by atoms with van der Waals surface area (Å²) < 4.78 is 0. The van der Waals surface area contributed by atoms with E-state index in [1.165, 1.54) is 0 Å². The maximum atomic E-state index is 11.9. The fourth-order valence-electron chi connectivity index (χ4n) is 2.37. The SMILES string of the molecule is CC(CN)CN1CCC(C(C)C)CCC1=O. The maximum absolute atomic E-state index is 11.9. The molecule has 3 heteroatoms. The van der Waals surface area contributed by atoms with Crippen molar-refractivity contribution in [2.75, 3.05) is 19.6 Å². The molecule has 0 aliphatic carbocycles. The molecule has 2 atom stereocenters. The van der Waals surface area contributed by atoms with E-state index < -0.39 is 0 Å². The van der Waals surface area contributed by atoms with Crippen molar-refractivity contribution in [3.8, 4) is 0 Å². The van der Waals surface area contributed by atoms with Gasteiger partial charge in [-0.15, -0.1) is 0 Å². The molecule has 2 N–H and O–H groups in total. The van der Waals surface area contributed by atoms with Gasteiger partial charge < -0.3 is 10.6 Å². The number of likely N-dealkylation sites (tertiary alicyclic amines) is 1. The number of nitrogens with two attached hydrogens (primary N) is 1. The van der Waals surface area contributed by atoms with Gasteiger partial charge in [-0.2, -0.15) is 0 Å². The van der Waals surface area contributed by atoms with Gasteiger partial charge in [0.1, 0.15) is 0 Å². The van der Waals surface area contributed by atoms with Crippen LogP contribution in [0.15, 0.2) is 0 Å². The largest absolute Gasteiger partial charge is 0.342 e. The molecule has 0 aromatic carbocycles. The molecule has 16 heavy (non-hydrogen) atoms. The molecule has 0 radical (unpaired) electrons. The summed E-state index contributed by atoms with van der Waals surface area (Å²) in [7, 11) is 0. The van der Waals surface area contributed by atoms with Crippen LogP contribution in [0.3, 0.4) is 0 Å². The van der Waals surface area contributed by atoms with Gasteiger partial charge in [-0.25, -0.2) is 0 Å². The van der Waals surface area contributed by atoms with E-state index in [1.54, 1.807) is 0 Å². The summed E-state index contributed by atoms with van der Waals surface area (Å²) in [5, 5.41) is 0. The monoisotopic (exact) mass is 226 g/mol. The summed E-state index contributed by atoms with van der Waals surface area (Å²) in [6.07, 6.45) is 2.94. The van der Waals surface area contributed by atoms with Gasteiger partial charge in [0.2, 0.25) is 5.91 Å². The van der Waals surface area contributed by atoms with Crippen LogP contribution < -0.4 is 5.73 Å². The van der Waals surface area contributed by atoms with Gasteiger partial charge in [0, 0.05) is 19.5 Å². The third-order valence-corrected chi connectivity index (χ3v) is 3.73. The van der Waals surface area contributed by atoms with E-state index in [4.69, 9.17) is 5.73 Å². The van der Waals surface area contributed by atoms with E-state index in [0.29, 0.717) is 30.2 Å². The second kappa shape index (κ2) is 6.24. The van der Waals surface area contributed by atoms with Crippen LogP contribution in [0.5, 0.6) is 0 Å². The summed E-state index contributed by atoms with van der Waals surface area (Å²) >= 11 is 0. The lowest BCUT2D eigenvalue weighted by Crippen LogP contribution is -2.36. The van der Waals surface area contributed by atoms with Crippen LogP contribution in [0, 0.1) is 17.8 Å². The van der Waals surface area contributed by atoms with Crippen molar-refractivity contribution in [1.29, 1.82) is 0 Å². The van der Waals surface area contributed by atoms with Crippen molar-refractivity contribution in [1.82, 2.24) is 4.90 Å². The van der Waals surface area contributed by atoms with Crippen LogP contribution in [-0.2, 0) is 4.79 Å². The highest BCUT2D eigenvalue weighted by Gasteiger charge is 2.24. The molecule has 1 aliphatic heterocycles. The molecule has 2 unspecified atom stereocenters. The highest BCUT2D eigenvalue weighted by molar-refractivity contribution is 5.76. The van der Waals surface area contributed by atoms with Crippen LogP contribution in [0.1, 0.15) is 40.0 Å². The summed E-state index contributed by atoms with van der Waals surface area (Å²) in [6.45, 7) is 9.04. The van der Waals surface area contributed by atoms with Gasteiger partial charge in [0.25, 0.3) is 0 Å². The predicted molar refractivity (Wildman–Crippen MR) is 67.0 cm³/mol. The normalized spacial score (nSPS) is 24.7. The summed E-state index contributed by atoms with van der Waals surface area (Å²) in [6, 6.07) is 0. The maximum Gasteiger partial charge on any atom is 0.222 e. The van der Waals surface area contributed by atoms with Crippen molar-refractivity contribution in [2.24, 2.45) is 23.5 Å². The lowest BCUT2D eigenvalue weighted by Gasteiger charge is -2.24. The Morgan fingerprint density at radius 2 is 2.06 bits per heavy atom. The second-order valence-corrected chi connectivity index (χ2v) is 5.51. The Labute approximate surface area is 99.4 Å². The van der Waals surface area contributed by atoms with Gasteiger partial charge in [-0.05, 0) is 37.1 Å². The highest BCUT2D eigenvalue weighted by Crippen LogP contribution is 2.25. The fourth-order valence-corrected chi connectivity index (χ4v) is 2.37. The number of nitrogens with zero attached hydrogens (tertiary/aromatic N) is 1. The number of hydrogen-bond acceptors (Lipinski definition) is 2. The smallest absolute Gasteiger partial charge is 0.222 e. The van der Waals surface area contributed by atoms with Crippen LogP contribution in [0.2, 0.25) is 0 Å². The van der Waals surface area contributed by atoms with Gasteiger partial charge in [0.15, 0.2) is 0 Å². The lowest BCUT2D eigenvalue weighted by atomic mass is 9.89. The molecule has 1 rings (SSSR count). The molecule has 1 aliphatic rings.